The van der Waals surface area contributed by atoms with Crippen molar-refractivity contribution >= 4 is 22.5 Å². The van der Waals surface area contributed by atoms with Gasteiger partial charge in [0, 0.05) is 17.1 Å². The highest BCUT2D eigenvalue weighted by molar-refractivity contribution is 6.35. The van der Waals surface area contributed by atoms with Crippen LogP contribution in [-0.2, 0) is 6.18 Å². The van der Waals surface area contributed by atoms with Crippen molar-refractivity contribution in [2.24, 2.45) is 0 Å². The minimum Gasteiger partial charge on any atom is -0.435 e. The second kappa shape index (κ2) is 6.60. The third-order valence-corrected chi connectivity index (χ3v) is 3.93. The van der Waals surface area contributed by atoms with Crippen molar-refractivity contribution in [1.82, 2.24) is 4.57 Å². The average molecular weight is 390 g/mol. The lowest BCUT2D eigenvalue weighted by molar-refractivity contribution is -0.137. The molecule has 0 aliphatic rings. The number of fused-ring (bicyclic) bond motifs is 1. The fraction of sp³-hybridized carbons (Fsp3) is 0.118. The van der Waals surface area contributed by atoms with Crippen LogP contribution in [0.15, 0.2) is 53.3 Å². The summed E-state index contributed by atoms with van der Waals surface area (Å²) >= 11 is 5.97. The van der Waals surface area contributed by atoms with Crippen LogP contribution in [0.25, 0.3) is 16.6 Å². The second-order valence-electron chi connectivity index (χ2n) is 5.27. The van der Waals surface area contributed by atoms with E-state index in [0.717, 1.165) is 22.8 Å². The van der Waals surface area contributed by atoms with Gasteiger partial charge in [-0.2, -0.15) is 22.0 Å². The van der Waals surface area contributed by atoms with E-state index >= 15 is 0 Å². The maximum Gasteiger partial charge on any atom is 0.416 e. The van der Waals surface area contributed by atoms with Crippen LogP contribution >= 0.6 is 11.6 Å². The molecule has 0 aliphatic carbocycles. The summed E-state index contributed by atoms with van der Waals surface area (Å²) in [7, 11) is 0. The van der Waals surface area contributed by atoms with E-state index in [4.69, 9.17) is 11.6 Å². The van der Waals surface area contributed by atoms with Gasteiger partial charge in [-0.1, -0.05) is 17.7 Å². The molecular formula is C17H9ClF5NO2. The molecule has 0 radical (unpaired) electrons. The van der Waals surface area contributed by atoms with Crippen LogP contribution < -0.4 is 10.3 Å². The molecule has 0 saturated carbocycles. The number of nitrogens with zero attached hydrogens (tertiary/aromatic N) is 1. The molecule has 0 fully saturated rings. The fourth-order valence-corrected chi connectivity index (χ4v) is 2.76. The van der Waals surface area contributed by atoms with E-state index < -0.39 is 23.9 Å². The van der Waals surface area contributed by atoms with Crippen LogP contribution in [0.2, 0.25) is 5.02 Å². The van der Waals surface area contributed by atoms with Crippen molar-refractivity contribution in [1.29, 1.82) is 0 Å². The van der Waals surface area contributed by atoms with Gasteiger partial charge in [0.2, 0.25) is 0 Å². The van der Waals surface area contributed by atoms with Gasteiger partial charge in [-0.3, -0.25) is 9.36 Å². The smallest absolute Gasteiger partial charge is 0.416 e. The maximum absolute atomic E-state index is 13.0. The summed E-state index contributed by atoms with van der Waals surface area (Å²) in [5, 5.41) is 0.250. The molecular weight excluding hydrogens is 381 g/mol. The maximum atomic E-state index is 13.0. The van der Waals surface area contributed by atoms with Gasteiger partial charge in [-0.05, 0) is 36.4 Å². The standard InChI is InChI=1S/C17H9ClF5NO2/c18-13-8-15(25)24(10-2-4-11(5-3-10)26-16(19)20)14-7-9(17(21,22)23)1-6-12(13)14/h1-8,16H. The number of benzene rings is 2. The van der Waals surface area contributed by atoms with Crippen LogP contribution in [0.1, 0.15) is 5.56 Å². The van der Waals surface area contributed by atoms with E-state index in [1.165, 1.54) is 30.3 Å². The van der Waals surface area contributed by atoms with Gasteiger partial charge in [0.25, 0.3) is 5.56 Å². The number of hydrogen-bond acceptors (Lipinski definition) is 2. The first-order valence-corrected chi connectivity index (χ1v) is 7.52. The first kappa shape index (κ1) is 18.2. The zero-order valence-electron chi connectivity index (χ0n) is 12.7. The Bertz CT molecular complexity index is 1010. The molecule has 0 amide bonds. The van der Waals surface area contributed by atoms with E-state index in [0.29, 0.717) is 0 Å². The number of halogens is 6. The first-order chi connectivity index (χ1) is 12.2. The van der Waals surface area contributed by atoms with Crippen LogP contribution in [0.5, 0.6) is 5.75 Å². The highest BCUT2D eigenvalue weighted by atomic mass is 35.5. The van der Waals surface area contributed by atoms with Crippen LogP contribution in [0.4, 0.5) is 22.0 Å². The molecule has 0 N–H and O–H groups in total. The third kappa shape index (κ3) is 3.50. The van der Waals surface area contributed by atoms with Gasteiger partial charge in [0.15, 0.2) is 0 Å². The van der Waals surface area contributed by atoms with Crippen LogP contribution in [-0.4, -0.2) is 11.2 Å². The van der Waals surface area contributed by atoms with E-state index in [2.05, 4.69) is 4.74 Å². The second-order valence-corrected chi connectivity index (χ2v) is 5.68. The van der Waals surface area contributed by atoms with Gasteiger partial charge < -0.3 is 4.74 Å². The normalized spacial score (nSPS) is 12.0. The Hall–Kier alpha value is -2.61. The molecule has 0 spiro atoms. The first-order valence-electron chi connectivity index (χ1n) is 7.14. The number of pyridine rings is 1. The minimum absolute atomic E-state index is 0.00706. The highest BCUT2D eigenvalue weighted by Crippen LogP contribution is 2.33. The Balaban J connectivity index is 2.22. The molecule has 2 aromatic carbocycles. The van der Waals surface area contributed by atoms with Gasteiger partial charge >= 0.3 is 12.8 Å². The Kier molecular flexibility index (Phi) is 4.62. The van der Waals surface area contributed by atoms with E-state index in [1.54, 1.807) is 0 Å². The molecule has 0 atom stereocenters. The summed E-state index contributed by atoms with van der Waals surface area (Å²) in [6.45, 7) is -3.02. The van der Waals surface area contributed by atoms with E-state index in [-0.39, 0.29) is 27.4 Å². The minimum atomic E-state index is -4.60. The van der Waals surface area contributed by atoms with Crippen LogP contribution in [0, 0.1) is 0 Å². The zero-order valence-corrected chi connectivity index (χ0v) is 13.5. The summed E-state index contributed by atoms with van der Waals surface area (Å²) in [4.78, 5) is 12.3. The van der Waals surface area contributed by atoms with Crippen molar-refractivity contribution in [3.05, 3.63) is 69.5 Å². The third-order valence-electron chi connectivity index (χ3n) is 3.61. The van der Waals surface area contributed by atoms with Gasteiger partial charge in [0.1, 0.15) is 5.75 Å². The number of ether oxygens (including phenoxy) is 1. The lowest BCUT2D eigenvalue weighted by Gasteiger charge is -2.14. The molecule has 0 saturated heterocycles. The Labute approximate surface area is 148 Å². The van der Waals surface area contributed by atoms with Gasteiger partial charge in [-0.25, -0.2) is 0 Å². The summed E-state index contributed by atoms with van der Waals surface area (Å²) < 4.78 is 68.7. The van der Waals surface area contributed by atoms with Crippen molar-refractivity contribution < 1.29 is 26.7 Å². The fourth-order valence-electron chi connectivity index (χ4n) is 2.51. The number of rotatable bonds is 3. The van der Waals surface area contributed by atoms with Crippen molar-refractivity contribution in [2.45, 2.75) is 12.8 Å². The SMILES string of the molecule is O=c1cc(Cl)c2ccc(C(F)(F)F)cc2n1-c1ccc(OC(F)F)cc1. The topological polar surface area (TPSA) is 31.2 Å². The van der Waals surface area contributed by atoms with E-state index in [1.807, 2.05) is 0 Å². The molecule has 0 unspecified atom stereocenters. The summed E-state index contributed by atoms with van der Waals surface area (Å²) in [6, 6.07) is 8.85. The Morgan fingerprint density at radius 2 is 1.65 bits per heavy atom. The predicted octanol–water partition coefficient (Wildman–Crippen LogP) is 5.26. The monoisotopic (exact) mass is 389 g/mol. The number of alkyl halides is 5. The Morgan fingerprint density at radius 1 is 1.00 bits per heavy atom. The molecule has 3 nitrogen and oxygen atoms in total. The molecule has 0 aliphatic heterocycles. The molecule has 9 heteroatoms. The lowest BCUT2D eigenvalue weighted by atomic mass is 10.1. The molecule has 3 rings (SSSR count). The van der Waals surface area contributed by atoms with Crippen molar-refractivity contribution in [2.75, 3.05) is 0 Å². The van der Waals surface area contributed by atoms with Gasteiger partial charge in [0.05, 0.1) is 16.1 Å². The number of aromatic nitrogens is 1. The zero-order chi connectivity index (χ0) is 19.1. The molecule has 1 heterocycles. The largest absolute Gasteiger partial charge is 0.435 e. The lowest BCUT2D eigenvalue weighted by Crippen LogP contribution is -2.18. The molecule has 3 aromatic rings. The quantitative estimate of drug-likeness (QED) is 0.572. The predicted molar refractivity (Wildman–Crippen MR) is 86.2 cm³/mol. The van der Waals surface area contributed by atoms with E-state index in [9.17, 15) is 26.7 Å². The number of hydrogen-bond donors (Lipinski definition) is 0. The van der Waals surface area contributed by atoms with Crippen molar-refractivity contribution in [3.8, 4) is 11.4 Å². The van der Waals surface area contributed by atoms with Gasteiger partial charge in [-0.15, -0.1) is 0 Å². The molecule has 1 aromatic heterocycles. The summed E-state index contributed by atoms with van der Waals surface area (Å²) in [5.74, 6) is -0.147. The molecule has 0 bridgehead atoms. The summed E-state index contributed by atoms with van der Waals surface area (Å²) in [5.41, 5.74) is -1.49. The van der Waals surface area contributed by atoms with Crippen LogP contribution in [0.3, 0.4) is 0 Å². The highest BCUT2D eigenvalue weighted by Gasteiger charge is 2.31. The Morgan fingerprint density at radius 3 is 2.23 bits per heavy atom. The summed E-state index contributed by atoms with van der Waals surface area (Å²) in [6.07, 6.45) is -4.60. The molecule has 26 heavy (non-hydrogen) atoms. The van der Waals surface area contributed by atoms with Crippen molar-refractivity contribution in [3.63, 3.8) is 0 Å². The average Bonchev–Trinajstić information content (AvgIpc) is 2.54. The molecule has 136 valence electrons.